The molecule has 2 aromatic carbocycles. The highest BCUT2D eigenvalue weighted by atomic mass is 16.7. The van der Waals surface area contributed by atoms with E-state index >= 15 is 0 Å². The Morgan fingerprint density at radius 2 is 1.84 bits per heavy atom. The van der Waals surface area contributed by atoms with Gasteiger partial charge in [-0.25, -0.2) is 4.79 Å². The first-order valence-electron chi connectivity index (χ1n) is 10.0. The SMILES string of the molecule is COc1ccc([C@@H]2Cc3cccc(O)c3C(=O)O2)cc1O[C@@H]1O[C@H](CO)[C@@H](O)[C@H](O)[C@H]1O. The van der Waals surface area contributed by atoms with E-state index in [0.29, 0.717) is 17.5 Å². The van der Waals surface area contributed by atoms with Gasteiger partial charge in [-0.3, -0.25) is 0 Å². The van der Waals surface area contributed by atoms with Crippen molar-refractivity contribution in [2.45, 2.75) is 43.2 Å². The third-order valence-electron chi connectivity index (χ3n) is 5.64. The lowest BCUT2D eigenvalue weighted by Crippen LogP contribution is -2.60. The maximum atomic E-state index is 12.4. The topological polar surface area (TPSA) is 155 Å². The molecule has 0 bridgehead atoms. The maximum absolute atomic E-state index is 12.4. The molecule has 0 aromatic heterocycles. The van der Waals surface area contributed by atoms with Gasteiger partial charge in [0.25, 0.3) is 0 Å². The molecule has 0 spiro atoms. The number of aliphatic hydroxyl groups excluding tert-OH is 4. The molecule has 2 aliphatic rings. The molecule has 0 amide bonds. The molecule has 2 aliphatic heterocycles. The van der Waals surface area contributed by atoms with Crippen LogP contribution in [0.3, 0.4) is 0 Å². The summed E-state index contributed by atoms with van der Waals surface area (Å²) >= 11 is 0. The van der Waals surface area contributed by atoms with Gasteiger partial charge in [-0.1, -0.05) is 18.2 Å². The second kappa shape index (κ2) is 8.93. The average Bonchev–Trinajstić information content (AvgIpc) is 2.79. The van der Waals surface area contributed by atoms with Gasteiger partial charge >= 0.3 is 5.97 Å². The average molecular weight is 448 g/mol. The lowest BCUT2D eigenvalue weighted by molar-refractivity contribution is -0.277. The van der Waals surface area contributed by atoms with E-state index in [4.69, 9.17) is 18.9 Å². The van der Waals surface area contributed by atoms with Crippen LogP contribution in [0.25, 0.3) is 0 Å². The van der Waals surface area contributed by atoms with Crippen LogP contribution in [-0.4, -0.2) is 75.9 Å². The van der Waals surface area contributed by atoms with Crippen LogP contribution in [0.4, 0.5) is 0 Å². The molecule has 10 nitrogen and oxygen atoms in total. The van der Waals surface area contributed by atoms with Crippen molar-refractivity contribution >= 4 is 5.97 Å². The Labute approximate surface area is 183 Å². The number of esters is 1. The summed E-state index contributed by atoms with van der Waals surface area (Å²) in [7, 11) is 1.41. The molecule has 5 N–H and O–H groups in total. The van der Waals surface area contributed by atoms with Crippen LogP contribution in [0.1, 0.15) is 27.6 Å². The van der Waals surface area contributed by atoms with Gasteiger partial charge in [0.15, 0.2) is 11.5 Å². The predicted octanol–water partition coefficient (Wildman–Crippen LogP) is 0.0337. The van der Waals surface area contributed by atoms with Crippen molar-refractivity contribution in [3.05, 3.63) is 53.1 Å². The number of rotatable bonds is 5. The highest BCUT2D eigenvalue weighted by molar-refractivity contribution is 5.95. The van der Waals surface area contributed by atoms with Crippen molar-refractivity contribution in [2.75, 3.05) is 13.7 Å². The molecule has 0 unspecified atom stereocenters. The molecule has 0 aliphatic carbocycles. The smallest absolute Gasteiger partial charge is 0.342 e. The molecule has 32 heavy (non-hydrogen) atoms. The molecule has 6 atom stereocenters. The van der Waals surface area contributed by atoms with Gasteiger partial charge in [-0.2, -0.15) is 0 Å². The largest absolute Gasteiger partial charge is 0.507 e. The van der Waals surface area contributed by atoms with E-state index in [0.717, 1.165) is 0 Å². The Bertz CT molecular complexity index is 991. The summed E-state index contributed by atoms with van der Waals surface area (Å²) in [5.74, 6) is -0.383. The second-order valence-corrected chi connectivity index (χ2v) is 7.63. The molecule has 0 radical (unpaired) electrons. The number of cyclic esters (lactones) is 1. The van der Waals surface area contributed by atoms with E-state index in [1.807, 2.05) is 0 Å². The zero-order valence-electron chi connectivity index (χ0n) is 17.1. The highest BCUT2D eigenvalue weighted by Gasteiger charge is 2.45. The number of carbonyl (C=O) groups excluding carboxylic acids is 1. The molecule has 2 aromatic rings. The first-order chi connectivity index (χ1) is 15.3. The fourth-order valence-electron chi connectivity index (χ4n) is 3.88. The second-order valence-electron chi connectivity index (χ2n) is 7.63. The monoisotopic (exact) mass is 448 g/mol. The van der Waals surface area contributed by atoms with Crippen molar-refractivity contribution in [1.82, 2.24) is 0 Å². The molecule has 1 fully saturated rings. The van der Waals surface area contributed by atoms with Gasteiger partial charge in [-0.15, -0.1) is 0 Å². The molecule has 1 saturated heterocycles. The highest BCUT2D eigenvalue weighted by Crippen LogP contribution is 2.38. The number of benzene rings is 2. The van der Waals surface area contributed by atoms with Gasteiger partial charge in [0, 0.05) is 6.42 Å². The Balaban J connectivity index is 1.60. The Morgan fingerprint density at radius 3 is 2.56 bits per heavy atom. The summed E-state index contributed by atoms with van der Waals surface area (Å²) in [6.07, 6.45) is -7.58. The van der Waals surface area contributed by atoms with Gasteiger partial charge in [0.1, 0.15) is 41.8 Å². The number of carbonyl (C=O) groups is 1. The minimum absolute atomic E-state index is 0.132. The fraction of sp³-hybridized carbons (Fsp3) is 0.409. The standard InChI is InChI=1S/C22H24O10/c1-29-13-6-5-10(14-8-11-3-2-4-12(24)17(11)21(28)30-14)7-15(13)31-22-20(27)19(26)18(25)16(9-23)32-22/h2-7,14,16,18-20,22-27H,8-9H2,1H3/t14-,16+,18+,19-,20+,22+/m0/s1. The third-order valence-corrected chi connectivity index (χ3v) is 5.64. The van der Waals surface area contributed by atoms with Crippen LogP contribution in [0.15, 0.2) is 36.4 Å². The summed E-state index contributed by atoms with van der Waals surface area (Å²) in [6.45, 7) is -0.591. The van der Waals surface area contributed by atoms with E-state index in [2.05, 4.69) is 0 Å². The number of phenolic OH excluding ortho intramolecular Hbond substituents is 1. The summed E-state index contributed by atoms with van der Waals surface area (Å²) in [5.41, 5.74) is 1.33. The molecular formula is C22H24O10. The van der Waals surface area contributed by atoms with Crippen LogP contribution in [0.2, 0.25) is 0 Å². The number of phenols is 1. The lowest BCUT2D eigenvalue weighted by atomic mass is 9.94. The van der Waals surface area contributed by atoms with E-state index in [1.165, 1.54) is 13.2 Å². The number of fused-ring (bicyclic) bond motifs is 1. The first-order valence-corrected chi connectivity index (χ1v) is 10.0. The number of methoxy groups -OCH3 is 1. The summed E-state index contributed by atoms with van der Waals surface area (Å²) in [5, 5.41) is 49.5. The van der Waals surface area contributed by atoms with Crippen LogP contribution in [0.5, 0.6) is 17.2 Å². The van der Waals surface area contributed by atoms with Gasteiger partial charge in [0.2, 0.25) is 6.29 Å². The van der Waals surface area contributed by atoms with E-state index in [9.17, 15) is 30.3 Å². The number of hydrogen-bond donors (Lipinski definition) is 5. The lowest BCUT2D eigenvalue weighted by Gasteiger charge is -2.39. The Morgan fingerprint density at radius 1 is 1.06 bits per heavy atom. The summed E-state index contributed by atoms with van der Waals surface area (Å²) in [6, 6.07) is 9.61. The van der Waals surface area contributed by atoms with E-state index < -0.39 is 49.4 Å². The maximum Gasteiger partial charge on any atom is 0.342 e. The molecule has 4 rings (SSSR count). The number of hydrogen-bond acceptors (Lipinski definition) is 10. The molecule has 0 saturated carbocycles. The summed E-state index contributed by atoms with van der Waals surface area (Å²) < 4.78 is 21.9. The molecule has 10 heteroatoms. The molecule has 172 valence electrons. The minimum Gasteiger partial charge on any atom is -0.507 e. The van der Waals surface area contributed by atoms with Crippen LogP contribution in [-0.2, 0) is 15.9 Å². The minimum atomic E-state index is -1.59. The zero-order valence-corrected chi connectivity index (χ0v) is 17.1. The van der Waals surface area contributed by atoms with Gasteiger partial charge < -0.3 is 44.5 Å². The van der Waals surface area contributed by atoms with Crippen LogP contribution in [0, 0.1) is 0 Å². The van der Waals surface area contributed by atoms with Crippen molar-refractivity contribution in [1.29, 1.82) is 0 Å². The normalized spacial score (nSPS) is 29.7. The predicted molar refractivity (Wildman–Crippen MR) is 107 cm³/mol. The Hall–Kier alpha value is -2.89. The number of aromatic hydroxyl groups is 1. The van der Waals surface area contributed by atoms with Crippen LogP contribution < -0.4 is 9.47 Å². The Kier molecular flexibility index (Phi) is 6.22. The number of aliphatic hydroxyl groups is 4. The van der Waals surface area contributed by atoms with Crippen molar-refractivity contribution < 1.29 is 49.3 Å². The fourth-order valence-corrected chi connectivity index (χ4v) is 3.88. The third kappa shape index (κ3) is 3.98. The first kappa shape index (κ1) is 22.3. The number of ether oxygens (including phenoxy) is 4. The van der Waals surface area contributed by atoms with Crippen molar-refractivity contribution in [3.63, 3.8) is 0 Å². The van der Waals surface area contributed by atoms with Gasteiger partial charge in [-0.05, 0) is 29.3 Å². The molecular weight excluding hydrogens is 424 g/mol. The van der Waals surface area contributed by atoms with Crippen molar-refractivity contribution in [2.24, 2.45) is 0 Å². The van der Waals surface area contributed by atoms with E-state index in [1.54, 1.807) is 30.3 Å². The van der Waals surface area contributed by atoms with Gasteiger partial charge in [0.05, 0.1) is 13.7 Å². The quantitative estimate of drug-likeness (QED) is 0.396. The van der Waals surface area contributed by atoms with Crippen molar-refractivity contribution in [3.8, 4) is 17.2 Å². The zero-order chi connectivity index (χ0) is 23.0. The van der Waals surface area contributed by atoms with E-state index in [-0.39, 0.29) is 22.8 Å². The summed E-state index contributed by atoms with van der Waals surface area (Å²) in [4.78, 5) is 12.4. The van der Waals surface area contributed by atoms with Crippen LogP contribution >= 0.6 is 0 Å². The molecule has 2 heterocycles.